The number of aliphatic hydroxyl groups excluding tert-OH is 1. The zero-order chi connectivity index (χ0) is 13.1. The van der Waals surface area contributed by atoms with E-state index in [9.17, 15) is 5.11 Å². The Morgan fingerprint density at radius 1 is 1.28 bits per heavy atom. The van der Waals surface area contributed by atoms with Crippen LogP contribution < -0.4 is 0 Å². The maximum absolute atomic E-state index is 9.31. The first-order valence-corrected chi connectivity index (χ1v) is 6.94. The van der Waals surface area contributed by atoms with Gasteiger partial charge in [0.1, 0.15) is 0 Å². The number of benzene rings is 1. The molecular formula is C13H10BrCl2NO. The Morgan fingerprint density at radius 2 is 2.06 bits per heavy atom. The van der Waals surface area contributed by atoms with Crippen molar-refractivity contribution in [2.24, 2.45) is 0 Å². The summed E-state index contributed by atoms with van der Waals surface area (Å²) < 4.78 is 0. The lowest BCUT2D eigenvalue weighted by atomic mass is 10.1. The molecule has 0 radical (unpaired) electrons. The van der Waals surface area contributed by atoms with Gasteiger partial charge in [-0.25, -0.2) is 0 Å². The smallest absolute Gasteiger partial charge is 0.0835 e. The minimum absolute atomic E-state index is 0.0590. The molecule has 1 aromatic heterocycles. The molecule has 0 saturated carbocycles. The quantitative estimate of drug-likeness (QED) is 0.837. The predicted octanol–water partition coefficient (Wildman–Crippen LogP) is 4.37. The van der Waals surface area contributed by atoms with E-state index in [1.54, 1.807) is 24.4 Å². The van der Waals surface area contributed by atoms with Gasteiger partial charge in [-0.05, 0) is 23.8 Å². The highest BCUT2D eigenvalue weighted by Crippen LogP contribution is 2.36. The van der Waals surface area contributed by atoms with E-state index in [1.807, 2.05) is 12.1 Å². The van der Waals surface area contributed by atoms with Crippen molar-refractivity contribution in [2.75, 3.05) is 0 Å². The first-order chi connectivity index (χ1) is 8.63. The van der Waals surface area contributed by atoms with Crippen molar-refractivity contribution in [3.63, 3.8) is 0 Å². The monoisotopic (exact) mass is 345 g/mol. The van der Waals surface area contributed by atoms with Gasteiger partial charge in [0.15, 0.2) is 0 Å². The maximum atomic E-state index is 9.31. The average Bonchev–Trinajstić information content (AvgIpc) is 2.38. The number of halogens is 3. The minimum Gasteiger partial charge on any atom is -0.392 e. The van der Waals surface area contributed by atoms with Gasteiger partial charge in [0.25, 0.3) is 0 Å². The average molecular weight is 347 g/mol. The number of hydrogen-bond acceptors (Lipinski definition) is 2. The molecule has 0 saturated heterocycles. The Kier molecular flexibility index (Phi) is 4.62. The lowest BCUT2D eigenvalue weighted by Gasteiger charge is -2.14. The summed E-state index contributed by atoms with van der Waals surface area (Å²) in [5.41, 5.74) is 2.39. The maximum Gasteiger partial charge on any atom is 0.0835 e. The number of aliphatic hydroxyl groups is 1. The van der Waals surface area contributed by atoms with Gasteiger partial charge in [-0.3, -0.25) is 4.98 Å². The zero-order valence-corrected chi connectivity index (χ0v) is 12.4. The van der Waals surface area contributed by atoms with Gasteiger partial charge in [0.2, 0.25) is 0 Å². The van der Waals surface area contributed by atoms with E-state index in [0.717, 1.165) is 16.8 Å². The number of rotatable bonds is 3. The van der Waals surface area contributed by atoms with Crippen LogP contribution in [-0.4, -0.2) is 10.1 Å². The largest absolute Gasteiger partial charge is 0.392 e. The molecule has 0 bridgehead atoms. The lowest BCUT2D eigenvalue weighted by Crippen LogP contribution is -2.02. The molecule has 0 aliphatic carbocycles. The van der Waals surface area contributed by atoms with Crippen LogP contribution in [0.15, 0.2) is 36.5 Å². The first-order valence-electron chi connectivity index (χ1n) is 5.27. The molecule has 2 aromatic rings. The van der Waals surface area contributed by atoms with Crippen LogP contribution in [-0.2, 0) is 6.61 Å². The van der Waals surface area contributed by atoms with Crippen molar-refractivity contribution < 1.29 is 5.11 Å². The van der Waals surface area contributed by atoms with Crippen molar-refractivity contribution >= 4 is 39.1 Å². The molecule has 1 atom stereocenters. The van der Waals surface area contributed by atoms with Crippen LogP contribution in [0.25, 0.3) is 0 Å². The number of hydrogen-bond donors (Lipinski definition) is 1. The Bertz CT molecular complexity index is 562. The van der Waals surface area contributed by atoms with Gasteiger partial charge in [-0.1, -0.05) is 51.3 Å². The fourth-order valence-electron chi connectivity index (χ4n) is 1.67. The molecule has 1 unspecified atom stereocenters. The normalized spacial score (nSPS) is 12.4. The third kappa shape index (κ3) is 2.86. The molecule has 2 rings (SSSR count). The van der Waals surface area contributed by atoms with Crippen molar-refractivity contribution in [3.05, 3.63) is 63.4 Å². The number of aromatic nitrogens is 1. The molecule has 5 heteroatoms. The summed E-state index contributed by atoms with van der Waals surface area (Å²) in [5, 5.41) is 10.5. The van der Waals surface area contributed by atoms with Gasteiger partial charge in [-0.15, -0.1) is 0 Å². The van der Waals surface area contributed by atoms with Crippen LogP contribution in [0.4, 0.5) is 0 Å². The molecule has 0 fully saturated rings. The van der Waals surface area contributed by atoms with Gasteiger partial charge in [0, 0.05) is 21.8 Å². The summed E-state index contributed by atoms with van der Waals surface area (Å²) in [5.74, 6) is 0. The minimum atomic E-state index is -0.175. The van der Waals surface area contributed by atoms with Crippen LogP contribution in [0.5, 0.6) is 0 Å². The Labute approximate surface area is 124 Å². The summed E-state index contributed by atoms with van der Waals surface area (Å²) >= 11 is 15.6. The van der Waals surface area contributed by atoms with Crippen LogP contribution in [0.3, 0.4) is 0 Å². The molecule has 0 aliphatic heterocycles. The molecule has 0 amide bonds. The fourth-order valence-corrected chi connectivity index (χ4v) is 3.13. The van der Waals surface area contributed by atoms with Crippen LogP contribution in [0, 0.1) is 0 Å². The fraction of sp³-hybridized carbons (Fsp3) is 0.154. The van der Waals surface area contributed by atoms with E-state index in [2.05, 4.69) is 20.9 Å². The number of nitrogens with zero attached hydrogens (tertiary/aromatic N) is 1. The topological polar surface area (TPSA) is 33.1 Å². The third-order valence-electron chi connectivity index (χ3n) is 2.57. The second kappa shape index (κ2) is 6.02. The summed E-state index contributed by atoms with van der Waals surface area (Å²) in [6, 6.07) is 8.94. The van der Waals surface area contributed by atoms with E-state index in [1.165, 1.54) is 0 Å². The standard InChI is InChI=1S/C13H10BrCl2NO/c14-12(10-4-3-9(15)6-11(10)16)13-8(7-18)2-1-5-17-13/h1-6,12,18H,7H2. The van der Waals surface area contributed by atoms with Gasteiger partial charge in [0.05, 0.1) is 17.1 Å². The SMILES string of the molecule is OCc1cccnc1C(Br)c1ccc(Cl)cc1Cl. The van der Waals surface area contributed by atoms with Crippen LogP contribution >= 0.6 is 39.1 Å². The highest BCUT2D eigenvalue weighted by Gasteiger charge is 2.18. The molecule has 18 heavy (non-hydrogen) atoms. The van der Waals surface area contributed by atoms with Crippen molar-refractivity contribution in [2.45, 2.75) is 11.4 Å². The Hall–Kier alpha value is -0.610. The van der Waals surface area contributed by atoms with E-state index in [0.29, 0.717) is 10.0 Å². The summed E-state index contributed by atoms with van der Waals surface area (Å²) in [7, 11) is 0. The van der Waals surface area contributed by atoms with E-state index >= 15 is 0 Å². The molecule has 94 valence electrons. The molecule has 0 spiro atoms. The molecule has 0 aliphatic rings. The van der Waals surface area contributed by atoms with E-state index in [4.69, 9.17) is 23.2 Å². The molecule has 1 heterocycles. The highest BCUT2D eigenvalue weighted by atomic mass is 79.9. The molecule has 1 N–H and O–H groups in total. The second-order valence-electron chi connectivity index (χ2n) is 3.73. The first kappa shape index (κ1) is 13.8. The van der Waals surface area contributed by atoms with Crippen LogP contribution in [0.1, 0.15) is 21.6 Å². The van der Waals surface area contributed by atoms with Gasteiger partial charge < -0.3 is 5.11 Å². The summed E-state index contributed by atoms with van der Waals surface area (Å²) in [4.78, 5) is 4.12. The van der Waals surface area contributed by atoms with E-state index < -0.39 is 0 Å². The van der Waals surface area contributed by atoms with Gasteiger partial charge >= 0.3 is 0 Å². The summed E-state index contributed by atoms with van der Waals surface area (Å²) in [6.45, 7) is -0.0590. The summed E-state index contributed by atoms with van der Waals surface area (Å²) in [6.07, 6.45) is 1.69. The van der Waals surface area contributed by atoms with E-state index in [-0.39, 0.29) is 11.4 Å². The van der Waals surface area contributed by atoms with Crippen molar-refractivity contribution in [3.8, 4) is 0 Å². The molecular weight excluding hydrogens is 337 g/mol. The van der Waals surface area contributed by atoms with Crippen LogP contribution in [0.2, 0.25) is 10.0 Å². The number of alkyl halides is 1. The number of pyridine rings is 1. The van der Waals surface area contributed by atoms with Crippen molar-refractivity contribution in [1.82, 2.24) is 4.98 Å². The second-order valence-corrected chi connectivity index (χ2v) is 5.49. The third-order valence-corrected chi connectivity index (χ3v) is 4.06. The molecule has 2 nitrogen and oxygen atoms in total. The Morgan fingerprint density at radius 3 is 2.72 bits per heavy atom. The molecule has 1 aromatic carbocycles. The zero-order valence-electron chi connectivity index (χ0n) is 9.28. The highest BCUT2D eigenvalue weighted by molar-refractivity contribution is 9.09. The van der Waals surface area contributed by atoms with Gasteiger partial charge in [-0.2, -0.15) is 0 Å². The lowest BCUT2D eigenvalue weighted by molar-refractivity contribution is 0.280. The Balaban J connectivity index is 2.44. The van der Waals surface area contributed by atoms with Crippen molar-refractivity contribution in [1.29, 1.82) is 0 Å². The predicted molar refractivity (Wildman–Crippen MR) is 77.4 cm³/mol.